The molecule has 0 spiro atoms. The van der Waals surface area contributed by atoms with Crippen LogP contribution in [0.3, 0.4) is 0 Å². The van der Waals surface area contributed by atoms with E-state index in [-0.39, 0.29) is 28.6 Å². The van der Waals surface area contributed by atoms with E-state index in [2.05, 4.69) is 43.1 Å². The summed E-state index contributed by atoms with van der Waals surface area (Å²) in [4.78, 5) is 15.4. The molecule has 3 heterocycles. The monoisotopic (exact) mass is 493 g/mol. The van der Waals surface area contributed by atoms with E-state index in [1.165, 1.54) is 5.56 Å². The third-order valence-corrected chi connectivity index (χ3v) is 9.12. The maximum Gasteiger partial charge on any atom is 0.273 e. The van der Waals surface area contributed by atoms with E-state index in [9.17, 15) is 18.3 Å². The Morgan fingerprint density at radius 3 is 2.34 bits per heavy atom. The number of aromatic hydroxyl groups is 1. The van der Waals surface area contributed by atoms with Gasteiger partial charge in [-0.1, -0.05) is 45.0 Å². The summed E-state index contributed by atoms with van der Waals surface area (Å²) in [7, 11) is -3.20. The molecule has 1 aromatic heterocycles. The lowest BCUT2D eigenvalue weighted by atomic mass is 9.85. The second-order valence-corrected chi connectivity index (χ2v) is 13.1. The van der Waals surface area contributed by atoms with Gasteiger partial charge in [0.1, 0.15) is 17.1 Å². The normalized spacial score (nSPS) is 21.5. The second kappa shape index (κ2) is 7.95. The van der Waals surface area contributed by atoms with Crippen LogP contribution in [0.15, 0.2) is 36.4 Å². The van der Waals surface area contributed by atoms with Gasteiger partial charge in [0, 0.05) is 17.2 Å². The highest BCUT2D eigenvalue weighted by molar-refractivity contribution is 7.91. The molecule has 2 atom stereocenters. The highest BCUT2D eigenvalue weighted by Crippen LogP contribution is 2.47. The molecular formula is C27H31N3O4S. The van der Waals surface area contributed by atoms with E-state index in [0.29, 0.717) is 28.9 Å². The number of hydrogen-bond donors (Lipinski definition) is 2. The molecule has 2 unspecified atom stereocenters. The fraction of sp³-hybridized carbons (Fsp3) is 0.407. The molecule has 2 aliphatic rings. The summed E-state index contributed by atoms with van der Waals surface area (Å²) in [5.74, 6) is -0.126. The van der Waals surface area contributed by atoms with Gasteiger partial charge in [0.15, 0.2) is 9.84 Å². The number of aromatic nitrogens is 2. The highest BCUT2D eigenvalue weighted by Gasteiger charge is 2.48. The maximum absolute atomic E-state index is 13.7. The molecule has 1 fully saturated rings. The predicted molar refractivity (Wildman–Crippen MR) is 135 cm³/mol. The molecule has 1 saturated heterocycles. The lowest BCUT2D eigenvalue weighted by Crippen LogP contribution is -2.40. The number of nitrogens with zero attached hydrogens (tertiary/aromatic N) is 2. The van der Waals surface area contributed by atoms with Crippen LogP contribution in [0, 0.1) is 13.8 Å². The Balaban J connectivity index is 1.69. The van der Waals surface area contributed by atoms with Crippen LogP contribution in [0.25, 0.3) is 11.3 Å². The second-order valence-electron chi connectivity index (χ2n) is 10.9. The standard InChI is InChI=1S/C27H31N3O4S/c1-15-12-20(21(31)13-16(15)2)23-22-24(29-28-23)26(32)30(19-10-11-35(33,34)14-19)25(22)17-6-8-18(9-7-17)27(3,4)5/h6-9,12-13,19,25,31H,10-11,14H2,1-5H3,(H,28,29). The quantitative estimate of drug-likeness (QED) is 0.562. The number of phenols is 1. The minimum atomic E-state index is -3.20. The minimum absolute atomic E-state index is 0.0274. The van der Waals surface area contributed by atoms with Gasteiger partial charge in [-0.3, -0.25) is 9.89 Å². The average Bonchev–Trinajstić information content (AvgIpc) is 3.43. The molecule has 184 valence electrons. The fourth-order valence-electron chi connectivity index (χ4n) is 5.23. The molecular weight excluding hydrogens is 462 g/mol. The first kappa shape index (κ1) is 23.6. The number of amides is 1. The minimum Gasteiger partial charge on any atom is -0.507 e. The SMILES string of the molecule is Cc1cc(O)c(-c2n[nH]c3c2C(c2ccc(C(C)(C)C)cc2)N(C2CCS(=O)(=O)C2)C3=O)cc1C. The largest absolute Gasteiger partial charge is 0.507 e. The Bertz CT molecular complexity index is 1430. The summed E-state index contributed by atoms with van der Waals surface area (Å²) < 4.78 is 24.7. The van der Waals surface area contributed by atoms with Gasteiger partial charge in [-0.05, 0) is 60.1 Å². The Morgan fingerprint density at radius 2 is 1.74 bits per heavy atom. The van der Waals surface area contributed by atoms with Crippen molar-refractivity contribution in [1.29, 1.82) is 0 Å². The van der Waals surface area contributed by atoms with Gasteiger partial charge < -0.3 is 10.0 Å². The van der Waals surface area contributed by atoms with Crippen molar-refractivity contribution in [2.75, 3.05) is 11.5 Å². The fourth-order valence-corrected chi connectivity index (χ4v) is 6.94. The van der Waals surface area contributed by atoms with Crippen molar-refractivity contribution in [1.82, 2.24) is 15.1 Å². The Hall–Kier alpha value is -3.13. The van der Waals surface area contributed by atoms with Gasteiger partial charge in [0.25, 0.3) is 5.91 Å². The summed E-state index contributed by atoms with van der Waals surface area (Å²) >= 11 is 0. The van der Waals surface area contributed by atoms with Crippen LogP contribution in [0.4, 0.5) is 0 Å². The number of H-pyrrole nitrogens is 1. The summed E-state index contributed by atoms with van der Waals surface area (Å²) in [6.45, 7) is 10.3. The molecule has 0 radical (unpaired) electrons. The zero-order chi connectivity index (χ0) is 25.3. The Morgan fingerprint density at radius 1 is 1.09 bits per heavy atom. The molecule has 3 aromatic rings. The molecule has 0 saturated carbocycles. The molecule has 0 bridgehead atoms. The number of carbonyl (C=O) groups is 1. The van der Waals surface area contributed by atoms with Crippen molar-refractivity contribution in [3.63, 3.8) is 0 Å². The highest BCUT2D eigenvalue weighted by atomic mass is 32.2. The van der Waals surface area contributed by atoms with Crippen molar-refractivity contribution in [3.8, 4) is 17.0 Å². The van der Waals surface area contributed by atoms with E-state index in [1.807, 2.05) is 32.0 Å². The molecule has 2 N–H and O–H groups in total. The molecule has 2 aliphatic heterocycles. The maximum atomic E-state index is 13.7. The molecule has 7 nitrogen and oxygen atoms in total. The molecule has 1 amide bonds. The van der Waals surface area contributed by atoms with Crippen LogP contribution in [0.5, 0.6) is 5.75 Å². The van der Waals surface area contributed by atoms with Crippen LogP contribution in [0.2, 0.25) is 0 Å². The van der Waals surface area contributed by atoms with Gasteiger partial charge in [-0.25, -0.2) is 8.42 Å². The number of aromatic amines is 1. The lowest BCUT2D eigenvalue weighted by molar-refractivity contribution is 0.0677. The number of hydrogen-bond acceptors (Lipinski definition) is 5. The molecule has 8 heteroatoms. The number of carbonyl (C=O) groups excluding carboxylic acids is 1. The van der Waals surface area contributed by atoms with E-state index >= 15 is 0 Å². The van der Waals surface area contributed by atoms with E-state index < -0.39 is 21.9 Å². The van der Waals surface area contributed by atoms with Gasteiger partial charge in [-0.2, -0.15) is 5.10 Å². The lowest BCUT2D eigenvalue weighted by Gasteiger charge is -2.31. The average molecular weight is 494 g/mol. The first-order valence-corrected chi connectivity index (χ1v) is 13.7. The van der Waals surface area contributed by atoms with Crippen LogP contribution in [-0.2, 0) is 15.3 Å². The Labute approximate surface area is 206 Å². The van der Waals surface area contributed by atoms with E-state index in [0.717, 1.165) is 16.7 Å². The third-order valence-electron chi connectivity index (χ3n) is 7.37. The first-order valence-electron chi connectivity index (χ1n) is 11.9. The summed E-state index contributed by atoms with van der Waals surface area (Å²) in [6.07, 6.45) is 0.409. The number of phenolic OH excluding ortho intramolecular Hbond substituents is 1. The van der Waals surface area contributed by atoms with E-state index in [1.54, 1.807) is 11.0 Å². The van der Waals surface area contributed by atoms with Crippen LogP contribution in [0.1, 0.15) is 71.5 Å². The van der Waals surface area contributed by atoms with Gasteiger partial charge in [-0.15, -0.1) is 0 Å². The number of sulfone groups is 1. The van der Waals surface area contributed by atoms with Gasteiger partial charge in [0.2, 0.25) is 0 Å². The van der Waals surface area contributed by atoms with Crippen molar-refractivity contribution >= 4 is 15.7 Å². The number of fused-ring (bicyclic) bond motifs is 1. The Kier molecular flexibility index (Phi) is 5.36. The van der Waals surface area contributed by atoms with Crippen molar-refractivity contribution in [3.05, 3.63) is 69.9 Å². The zero-order valence-corrected chi connectivity index (χ0v) is 21.5. The van der Waals surface area contributed by atoms with Crippen molar-refractivity contribution in [2.24, 2.45) is 0 Å². The molecule has 35 heavy (non-hydrogen) atoms. The van der Waals surface area contributed by atoms with Crippen LogP contribution in [-0.4, -0.2) is 52.1 Å². The molecule has 0 aliphatic carbocycles. The molecule has 2 aromatic carbocycles. The number of nitrogens with one attached hydrogen (secondary N) is 1. The number of rotatable bonds is 3. The number of aryl methyl sites for hydroxylation is 2. The predicted octanol–water partition coefficient (Wildman–Crippen LogP) is 4.43. The van der Waals surface area contributed by atoms with Gasteiger partial charge >= 0.3 is 0 Å². The summed E-state index contributed by atoms with van der Waals surface area (Å²) in [6, 6.07) is 10.8. The van der Waals surface area contributed by atoms with E-state index in [4.69, 9.17) is 0 Å². The van der Waals surface area contributed by atoms with Crippen LogP contribution >= 0.6 is 0 Å². The van der Waals surface area contributed by atoms with Gasteiger partial charge in [0.05, 0.1) is 17.5 Å². The molecule has 5 rings (SSSR count). The summed E-state index contributed by atoms with van der Waals surface area (Å²) in [5, 5.41) is 18.1. The van der Waals surface area contributed by atoms with Crippen molar-refractivity contribution in [2.45, 2.75) is 58.5 Å². The number of benzene rings is 2. The summed E-state index contributed by atoms with van der Waals surface area (Å²) in [5.41, 5.74) is 6.09. The van der Waals surface area contributed by atoms with Crippen molar-refractivity contribution < 1.29 is 18.3 Å². The van der Waals surface area contributed by atoms with Crippen LogP contribution < -0.4 is 0 Å². The zero-order valence-electron chi connectivity index (χ0n) is 20.7. The first-order chi connectivity index (χ1) is 16.4. The third kappa shape index (κ3) is 3.93. The smallest absolute Gasteiger partial charge is 0.273 e. The topological polar surface area (TPSA) is 103 Å².